The van der Waals surface area contributed by atoms with Gasteiger partial charge in [-0.05, 0) is 26.0 Å². The molecule has 0 radical (unpaired) electrons. The first-order chi connectivity index (χ1) is 11.3. The Labute approximate surface area is 144 Å². The van der Waals surface area contributed by atoms with E-state index in [2.05, 4.69) is 15.0 Å². The highest BCUT2D eigenvalue weighted by molar-refractivity contribution is 7.89. The van der Waals surface area contributed by atoms with E-state index in [0.29, 0.717) is 11.3 Å². The van der Waals surface area contributed by atoms with Crippen LogP contribution in [0.2, 0.25) is 0 Å². The van der Waals surface area contributed by atoms with E-state index in [1.165, 1.54) is 49.4 Å². The molecule has 1 atom stereocenters. The predicted molar refractivity (Wildman–Crippen MR) is 90.2 cm³/mol. The number of sulfonamides is 1. The van der Waals surface area contributed by atoms with Crippen LogP contribution in [0.4, 0.5) is 0 Å². The third-order valence-electron chi connectivity index (χ3n) is 3.22. The maximum atomic E-state index is 12.3. The Balaban J connectivity index is 1.99. The zero-order valence-corrected chi connectivity index (χ0v) is 14.8. The van der Waals surface area contributed by atoms with E-state index in [1.54, 1.807) is 10.9 Å². The van der Waals surface area contributed by atoms with Gasteiger partial charge in [0, 0.05) is 10.9 Å². The van der Waals surface area contributed by atoms with E-state index in [9.17, 15) is 18.0 Å². The van der Waals surface area contributed by atoms with Crippen molar-refractivity contribution in [3.05, 3.63) is 46.4 Å². The maximum absolute atomic E-state index is 12.3. The van der Waals surface area contributed by atoms with Gasteiger partial charge in [0.15, 0.2) is 5.78 Å². The summed E-state index contributed by atoms with van der Waals surface area (Å²) in [6.07, 6.45) is 0. The van der Waals surface area contributed by atoms with Crippen molar-refractivity contribution < 1.29 is 18.0 Å². The number of hydrogen-bond acceptors (Lipinski definition) is 6. The number of carbonyl (C=O) groups is 2. The number of aromatic nitrogens is 1. The lowest BCUT2D eigenvalue weighted by Gasteiger charge is -2.14. The molecule has 1 unspecified atom stereocenters. The highest BCUT2D eigenvalue weighted by Gasteiger charge is 2.22. The number of benzene rings is 1. The number of ketones is 1. The minimum atomic E-state index is -3.85. The Morgan fingerprint density at radius 1 is 1.25 bits per heavy atom. The second-order valence-electron chi connectivity index (χ2n) is 5.12. The van der Waals surface area contributed by atoms with Crippen LogP contribution in [0.15, 0.2) is 40.1 Å². The summed E-state index contributed by atoms with van der Waals surface area (Å²) in [4.78, 5) is 27.2. The molecule has 1 aromatic heterocycles. The average Bonchev–Trinajstić information content (AvgIpc) is 3.05. The highest BCUT2D eigenvalue weighted by atomic mass is 32.2. The second kappa shape index (κ2) is 7.65. The van der Waals surface area contributed by atoms with Gasteiger partial charge in [0.1, 0.15) is 0 Å². The van der Waals surface area contributed by atoms with Crippen molar-refractivity contribution in [3.63, 3.8) is 0 Å². The first-order valence-corrected chi connectivity index (χ1v) is 9.50. The lowest BCUT2D eigenvalue weighted by molar-refractivity contribution is -0.122. The predicted octanol–water partition coefficient (Wildman–Crippen LogP) is 1.33. The molecule has 9 heteroatoms. The fourth-order valence-corrected chi connectivity index (χ4v) is 3.64. The monoisotopic (exact) mass is 367 g/mol. The third kappa shape index (κ3) is 4.70. The van der Waals surface area contributed by atoms with Gasteiger partial charge in [0.05, 0.1) is 28.7 Å². The summed E-state index contributed by atoms with van der Waals surface area (Å²) in [7, 11) is -3.85. The van der Waals surface area contributed by atoms with Crippen LogP contribution in [0, 0.1) is 0 Å². The average molecular weight is 367 g/mol. The van der Waals surface area contributed by atoms with Gasteiger partial charge < -0.3 is 5.32 Å². The van der Waals surface area contributed by atoms with Crippen LogP contribution < -0.4 is 10.0 Å². The van der Waals surface area contributed by atoms with Gasteiger partial charge in [0.2, 0.25) is 15.9 Å². The Bertz CT molecular complexity index is 815. The molecule has 0 saturated heterocycles. The highest BCUT2D eigenvalue weighted by Crippen LogP contribution is 2.11. The summed E-state index contributed by atoms with van der Waals surface area (Å²) in [6.45, 7) is 3.09. The van der Waals surface area contributed by atoms with Crippen LogP contribution in [0.3, 0.4) is 0 Å². The van der Waals surface area contributed by atoms with Gasteiger partial charge in [-0.25, -0.2) is 13.4 Å². The van der Waals surface area contributed by atoms with Crippen molar-refractivity contribution in [2.75, 3.05) is 0 Å². The van der Waals surface area contributed by atoms with E-state index < -0.39 is 22.0 Å². The Morgan fingerprint density at radius 2 is 1.92 bits per heavy atom. The molecule has 0 spiro atoms. The minimum Gasteiger partial charge on any atom is -0.349 e. The Kier molecular flexibility index (Phi) is 5.81. The molecule has 0 aliphatic heterocycles. The van der Waals surface area contributed by atoms with Crippen LogP contribution >= 0.6 is 11.3 Å². The standard InChI is InChI=1S/C15H17N3O4S2/c1-10(15(20)16-7-13-8-23-9-17-13)18-24(21,22)14-5-3-12(4-6-14)11(2)19/h3-6,8-10,18H,7H2,1-2H3,(H,16,20). The largest absolute Gasteiger partial charge is 0.349 e. The van der Waals surface area contributed by atoms with Crippen LogP contribution in [0.5, 0.6) is 0 Å². The van der Waals surface area contributed by atoms with Gasteiger partial charge in [-0.2, -0.15) is 4.72 Å². The first kappa shape index (κ1) is 18.2. The summed E-state index contributed by atoms with van der Waals surface area (Å²) in [5.74, 6) is -0.603. The van der Waals surface area contributed by atoms with Crippen molar-refractivity contribution >= 4 is 33.1 Å². The number of Topliss-reactive ketones (excluding diaryl/α,β-unsaturated/α-hetero) is 1. The van der Waals surface area contributed by atoms with E-state index in [-0.39, 0.29) is 17.2 Å². The molecular weight excluding hydrogens is 350 g/mol. The van der Waals surface area contributed by atoms with E-state index in [1.807, 2.05) is 0 Å². The molecule has 0 saturated carbocycles. The number of nitrogens with one attached hydrogen (secondary N) is 2. The lowest BCUT2D eigenvalue weighted by Crippen LogP contribution is -2.44. The van der Waals surface area contributed by atoms with Gasteiger partial charge >= 0.3 is 0 Å². The number of nitrogens with zero attached hydrogens (tertiary/aromatic N) is 1. The molecule has 2 rings (SSSR count). The molecule has 0 aliphatic carbocycles. The molecule has 1 heterocycles. The quantitative estimate of drug-likeness (QED) is 0.718. The van der Waals surface area contributed by atoms with Gasteiger partial charge in [-0.1, -0.05) is 12.1 Å². The van der Waals surface area contributed by atoms with E-state index in [0.717, 1.165) is 0 Å². The van der Waals surface area contributed by atoms with Crippen molar-refractivity contribution in [2.45, 2.75) is 31.3 Å². The van der Waals surface area contributed by atoms with Crippen LogP contribution in [-0.4, -0.2) is 31.1 Å². The van der Waals surface area contributed by atoms with Crippen molar-refractivity contribution in [1.82, 2.24) is 15.0 Å². The van der Waals surface area contributed by atoms with Gasteiger partial charge in [-0.15, -0.1) is 11.3 Å². The molecule has 128 valence electrons. The molecule has 0 fully saturated rings. The molecule has 1 aromatic carbocycles. The topological polar surface area (TPSA) is 105 Å². The van der Waals surface area contributed by atoms with Gasteiger partial charge in [-0.3, -0.25) is 9.59 Å². The number of carbonyl (C=O) groups excluding carboxylic acids is 2. The summed E-state index contributed by atoms with van der Waals surface area (Å²) in [5, 5.41) is 4.41. The summed E-state index contributed by atoms with van der Waals surface area (Å²) in [5.41, 5.74) is 2.78. The maximum Gasteiger partial charge on any atom is 0.241 e. The van der Waals surface area contributed by atoms with Crippen LogP contribution in [-0.2, 0) is 21.4 Å². The van der Waals surface area contributed by atoms with Crippen LogP contribution in [0.1, 0.15) is 29.9 Å². The van der Waals surface area contributed by atoms with Gasteiger partial charge in [0.25, 0.3) is 0 Å². The normalized spacial score (nSPS) is 12.6. The number of amides is 1. The molecular formula is C15H17N3O4S2. The zero-order valence-electron chi connectivity index (χ0n) is 13.1. The molecule has 2 aromatic rings. The third-order valence-corrected chi connectivity index (χ3v) is 5.42. The molecule has 0 bridgehead atoms. The molecule has 2 N–H and O–H groups in total. The molecule has 24 heavy (non-hydrogen) atoms. The van der Waals surface area contributed by atoms with E-state index >= 15 is 0 Å². The lowest BCUT2D eigenvalue weighted by atomic mass is 10.2. The smallest absolute Gasteiger partial charge is 0.241 e. The first-order valence-electron chi connectivity index (χ1n) is 7.07. The molecule has 7 nitrogen and oxygen atoms in total. The zero-order chi connectivity index (χ0) is 17.7. The van der Waals surface area contributed by atoms with Crippen molar-refractivity contribution in [2.24, 2.45) is 0 Å². The Morgan fingerprint density at radius 3 is 2.46 bits per heavy atom. The second-order valence-corrected chi connectivity index (χ2v) is 7.55. The number of hydrogen-bond donors (Lipinski definition) is 2. The minimum absolute atomic E-state index is 0.00773. The van der Waals surface area contributed by atoms with Crippen LogP contribution in [0.25, 0.3) is 0 Å². The molecule has 1 amide bonds. The number of thiazole rings is 1. The fraction of sp³-hybridized carbons (Fsp3) is 0.267. The fourth-order valence-electron chi connectivity index (χ4n) is 1.88. The summed E-state index contributed by atoms with van der Waals surface area (Å²) >= 11 is 1.41. The molecule has 0 aliphatic rings. The van der Waals surface area contributed by atoms with Crippen molar-refractivity contribution in [3.8, 4) is 0 Å². The summed E-state index contributed by atoms with van der Waals surface area (Å²) < 4.78 is 26.9. The van der Waals surface area contributed by atoms with E-state index in [4.69, 9.17) is 0 Å². The number of rotatable bonds is 7. The van der Waals surface area contributed by atoms with Crippen molar-refractivity contribution in [1.29, 1.82) is 0 Å². The summed E-state index contributed by atoms with van der Waals surface area (Å²) in [6, 6.07) is 4.59. The Hall–Kier alpha value is -2.10. The SMILES string of the molecule is CC(=O)c1ccc(S(=O)(=O)NC(C)C(=O)NCc2cscn2)cc1.